The Balaban J connectivity index is 1.50. The third kappa shape index (κ3) is 4.47. The van der Waals surface area contributed by atoms with E-state index >= 15 is 0 Å². The van der Waals surface area contributed by atoms with Gasteiger partial charge in [0, 0.05) is 24.7 Å². The molecule has 2 amide bonds. The lowest BCUT2D eigenvalue weighted by molar-refractivity contribution is 0.145. The quantitative estimate of drug-likeness (QED) is 0.916. The second kappa shape index (κ2) is 7.81. The number of rotatable bonds is 4. The lowest BCUT2D eigenvalue weighted by Crippen LogP contribution is -2.43. The number of amides is 2. The van der Waals surface area contributed by atoms with Crippen molar-refractivity contribution in [3.05, 3.63) is 60.4 Å². The summed E-state index contributed by atoms with van der Waals surface area (Å²) in [7, 11) is 0. The average Bonchev–Trinajstić information content (AvgIpc) is 2.62. The van der Waals surface area contributed by atoms with Gasteiger partial charge in [0.15, 0.2) is 0 Å². The monoisotopic (exact) mass is 328 g/mol. The van der Waals surface area contributed by atoms with Crippen LogP contribution in [0, 0.1) is 11.7 Å². The number of hydrogen-bond acceptors (Lipinski definition) is 2. The second-order valence-electron chi connectivity index (χ2n) is 6.02. The van der Waals surface area contributed by atoms with Gasteiger partial charge in [0.25, 0.3) is 0 Å². The molecule has 0 spiro atoms. The first-order valence-electron chi connectivity index (χ1n) is 8.20. The van der Waals surface area contributed by atoms with Gasteiger partial charge in [0.2, 0.25) is 0 Å². The topological polar surface area (TPSA) is 41.6 Å². The van der Waals surface area contributed by atoms with E-state index in [9.17, 15) is 9.18 Å². The zero-order chi connectivity index (χ0) is 16.8. The van der Waals surface area contributed by atoms with Gasteiger partial charge in [-0.1, -0.05) is 18.2 Å². The van der Waals surface area contributed by atoms with Crippen molar-refractivity contribution >= 4 is 11.7 Å². The summed E-state index contributed by atoms with van der Waals surface area (Å²) in [5.74, 6) is 0.663. The zero-order valence-electron chi connectivity index (χ0n) is 13.5. The number of piperidine rings is 1. The molecule has 0 radical (unpaired) electrons. The number of halogens is 1. The highest BCUT2D eigenvalue weighted by molar-refractivity contribution is 5.89. The molecule has 4 nitrogen and oxygen atoms in total. The van der Waals surface area contributed by atoms with Gasteiger partial charge in [-0.3, -0.25) is 0 Å². The zero-order valence-corrected chi connectivity index (χ0v) is 13.5. The summed E-state index contributed by atoms with van der Waals surface area (Å²) in [6.45, 7) is 1.95. The minimum Gasteiger partial charge on any atom is -0.493 e. The Labute approximate surface area is 141 Å². The normalized spacial score (nSPS) is 17.4. The van der Waals surface area contributed by atoms with E-state index in [-0.39, 0.29) is 17.8 Å². The van der Waals surface area contributed by atoms with E-state index < -0.39 is 0 Å². The van der Waals surface area contributed by atoms with E-state index in [1.807, 2.05) is 35.2 Å². The molecule has 0 saturated carbocycles. The third-order valence-corrected chi connectivity index (χ3v) is 4.13. The van der Waals surface area contributed by atoms with Crippen molar-refractivity contribution in [3.8, 4) is 5.75 Å². The molecule has 2 aromatic carbocycles. The molecule has 2 aromatic rings. The maximum atomic E-state index is 12.9. The molecule has 1 N–H and O–H groups in total. The van der Waals surface area contributed by atoms with Crippen molar-refractivity contribution in [2.24, 2.45) is 5.92 Å². The van der Waals surface area contributed by atoms with Crippen molar-refractivity contribution < 1.29 is 13.9 Å². The summed E-state index contributed by atoms with van der Waals surface area (Å²) in [6.07, 6.45) is 1.98. The van der Waals surface area contributed by atoms with E-state index in [4.69, 9.17) is 4.74 Å². The maximum absolute atomic E-state index is 12.9. The van der Waals surface area contributed by atoms with Gasteiger partial charge >= 0.3 is 6.03 Å². The minimum absolute atomic E-state index is 0.0762. The molecule has 1 unspecified atom stereocenters. The number of benzene rings is 2. The van der Waals surface area contributed by atoms with Crippen molar-refractivity contribution in [2.75, 3.05) is 25.0 Å². The lowest BCUT2D eigenvalue weighted by Gasteiger charge is -2.32. The molecule has 24 heavy (non-hydrogen) atoms. The molecule has 1 aliphatic rings. The Hall–Kier alpha value is -2.56. The van der Waals surface area contributed by atoms with Crippen molar-refractivity contribution in [2.45, 2.75) is 12.8 Å². The van der Waals surface area contributed by atoms with Crippen LogP contribution in [0.1, 0.15) is 12.8 Å². The first-order chi connectivity index (χ1) is 11.7. The Bertz CT molecular complexity index is 661. The Morgan fingerprint density at radius 1 is 1.17 bits per heavy atom. The molecule has 1 aliphatic heterocycles. The molecular weight excluding hydrogens is 307 g/mol. The predicted octanol–water partition coefficient (Wildman–Crippen LogP) is 4.15. The Morgan fingerprint density at radius 3 is 2.67 bits per heavy atom. The average molecular weight is 328 g/mol. The maximum Gasteiger partial charge on any atom is 0.321 e. The standard InChI is InChI=1S/C19H21FN2O2/c20-16-8-10-18(11-9-16)24-14-15-5-4-12-22(13-15)19(23)21-17-6-2-1-3-7-17/h1-3,6-11,15H,4-5,12-14H2,(H,21,23). The second-order valence-corrected chi connectivity index (χ2v) is 6.02. The summed E-state index contributed by atoms with van der Waals surface area (Å²) >= 11 is 0. The minimum atomic E-state index is -0.274. The van der Waals surface area contributed by atoms with Crippen LogP contribution in [0.25, 0.3) is 0 Å². The van der Waals surface area contributed by atoms with Gasteiger partial charge in [-0.2, -0.15) is 0 Å². The summed E-state index contributed by atoms with van der Waals surface area (Å²) < 4.78 is 18.6. The van der Waals surface area contributed by atoms with Gasteiger partial charge in [0.05, 0.1) is 6.61 Å². The number of carbonyl (C=O) groups is 1. The number of nitrogens with zero attached hydrogens (tertiary/aromatic N) is 1. The number of nitrogens with one attached hydrogen (secondary N) is 1. The van der Waals surface area contributed by atoms with Crippen LogP contribution >= 0.6 is 0 Å². The number of anilines is 1. The molecule has 0 aromatic heterocycles. The predicted molar refractivity (Wildman–Crippen MR) is 91.7 cm³/mol. The highest BCUT2D eigenvalue weighted by Crippen LogP contribution is 2.20. The molecule has 1 heterocycles. The van der Waals surface area contributed by atoms with Crippen LogP contribution in [-0.4, -0.2) is 30.6 Å². The van der Waals surface area contributed by atoms with E-state index in [2.05, 4.69) is 5.32 Å². The van der Waals surface area contributed by atoms with Gasteiger partial charge < -0.3 is 15.0 Å². The van der Waals surface area contributed by atoms with E-state index in [1.165, 1.54) is 12.1 Å². The molecule has 3 rings (SSSR count). The van der Waals surface area contributed by atoms with E-state index in [0.29, 0.717) is 18.9 Å². The van der Waals surface area contributed by atoms with Gasteiger partial charge in [-0.05, 0) is 49.2 Å². The number of urea groups is 1. The Morgan fingerprint density at radius 2 is 1.92 bits per heavy atom. The molecule has 1 fully saturated rings. The number of carbonyl (C=O) groups excluding carboxylic acids is 1. The number of para-hydroxylation sites is 1. The van der Waals surface area contributed by atoms with Crippen molar-refractivity contribution in [1.82, 2.24) is 4.90 Å². The molecule has 0 bridgehead atoms. The number of likely N-dealkylation sites (tertiary alicyclic amines) is 1. The number of hydrogen-bond donors (Lipinski definition) is 1. The highest BCUT2D eigenvalue weighted by Gasteiger charge is 2.24. The molecule has 1 saturated heterocycles. The third-order valence-electron chi connectivity index (χ3n) is 4.13. The SMILES string of the molecule is O=C(Nc1ccccc1)N1CCCC(COc2ccc(F)cc2)C1. The Kier molecular flexibility index (Phi) is 5.31. The first-order valence-corrected chi connectivity index (χ1v) is 8.20. The fourth-order valence-corrected chi connectivity index (χ4v) is 2.85. The fraction of sp³-hybridized carbons (Fsp3) is 0.316. The molecule has 5 heteroatoms. The smallest absolute Gasteiger partial charge is 0.321 e. The molecule has 1 atom stereocenters. The molecular formula is C19H21FN2O2. The van der Waals surface area contributed by atoms with E-state index in [0.717, 1.165) is 25.1 Å². The summed E-state index contributed by atoms with van der Waals surface area (Å²) in [4.78, 5) is 14.2. The summed E-state index contributed by atoms with van der Waals surface area (Å²) in [5.41, 5.74) is 0.798. The lowest BCUT2D eigenvalue weighted by atomic mass is 9.99. The van der Waals surface area contributed by atoms with Crippen molar-refractivity contribution in [3.63, 3.8) is 0 Å². The van der Waals surface area contributed by atoms with E-state index in [1.54, 1.807) is 12.1 Å². The van der Waals surface area contributed by atoms with Crippen LogP contribution in [0.2, 0.25) is 0 Å². The van der Waals surface area contributed by atoms with Crippen LogP contribution in [0.15, 0.2) is 54.6 Å². The molecule has 0 aliphatic carbocycles. The van der Waals surface area contributed by atoms with Crippen LogP contribution in [0.3, 0.4) is 0 Å². The largest absolute Gasteiger partial charge is 0.493 e. The summed E-state index contributed by atoms with van der Waals surface area (Å²) in [6, 6.07) is 15.4. The number of ether oxygens (including phenoxy) is 1. The van der Waals surface area contributed by atoms with Gasteiger partial charge in [-0.15, -0.1) is 0 Å². The van der Waals surface area contributed by atoms with Gasteiger partial charge in [0.1, 0.15) is 11.6 Å². The van der Waals surface area contributed by atoms with Gasteiger partial charge in [-0.25, -0.2) is 9.18 Å². The first kappa shape index (κ1) is 16.3. The van der Waals surface area contributed by atoms with Crippen LogP contribution in [-0.2, 0) is 0 Å². The van der Waals surface area contributed by atoms with Crippen molar-refractivity contribution in [1.29, 1.82) is 0 Å². The highest BCUT2D eigenvalue weighted by atomic mass is 19.1. The van der Waals surface area contributed by atoms with Crippen LogP contribution in [0.4, 0.5) is 14.9 Å². The summed E-state index contributed by atoms with van der Waals surface area (Å²) in [5, 5.41) is 2.92. The van der Waals surface area contributed by atoms with Crippen LogP contribution < -0.4 is 10.1 Å². The molecule has 126 valence electrons. The van der Waals surface area contributed by atoms with Crippen LogP contribution in [0.5, 0.6) is 5.75 Å². The fourth-order valence-electron chi connectivity index (χ4n) is 2.85.